The van der Waals surface area contributed by atoms with Crippen molar-refractivity contribution >= 4 is 27.5 Å². The van der Waals surface area contributed by atoms with E-state index in [9.17, 15) is 4.79 Å². The van der Waals surface area contributed by atoms with Gasteiger partial charge in [0.25, 0.3) is 0 Å². The van der Waals surface area contributed by atoms with E-state index in [4.69, 9.17) is 0 Å². The van der Waals surface area contributed by atoms with Gasteiger partial charge in [0.15, 0.2) is 5.82 Å². The SMILES string of the molecule is Cn1cnnc1-c1ccc(NC(=O)C(C)(C)Br)cc1. The molecule has 1 aromatic carbocycles. The zero-order valence-corrected chi connectivity index (χ0v) is 12.6. The summed E-state index contributed by atoms with van der Waals surface area (Å²) < 4.78 is 1.25. The van der Waals surface area contributed by atoms with Crippen LogP contribution in [0.2, 0.25) is 0 Å². The molecular formula is C13H15BrN4O. The van der Waals surface area contributed by atoms with Crippen molar-refractivity contribution < 1.29 is 4.79 Å². The number of aromatic nitrogens is 3. The zero-order valence-electron chi connectivity index (χ0n) is 11.0. The Morgan fingerprint density at radius 2 is 1.95 bits per heavy atom. The first-order chi connectivity index (χ1) is 8.88. The number of nitrogens with one attached hydrogen (secondary N) is 1. The Morgan fingerprint density at radius 1 is 1.32 bits per heavy atom. The molecule has 0 aliphatic carbocycles. The molecule has 2 rings (SSSR count). The van der Waals surface area contributed by atoms with Crippen molar-refractivity contribution in [1.82, 2.24) is 14.8 Å². The van der Waals surface area contributed by atoms with Gasteiger partial charge in [-0.2, -0.15) is 0 Å². The number of carbonyl (C=O) groups excluding carboxylic acids is 1. The Bertz CT molecular complexity index is 583. The smallest absolute Gasteiger partial charge is 0.240 e. The fourth-order valence-corrected chi connectivity index (χ4v) is 1.63. The molecule has 5 nitrogen and oxygen atoms in total. The third-order valence-corrected chi connectivity index (χ3v) is 3.01. The molecule has 19 heavy (non-hydrogen) atoms. The van der Waals surface area contributed by atoms with E-state index in [1.807, 2.05) is 35.9 Å². The molecule has 0 spiro atoms. The van der Waals surface area contributed by atoms with E-state index in [0.717, 1.165) is 17.1 Å². The standard InChI is InChI=1S/C13H15BrN4O/c1-13(2,14)12(19)16-10-6-4-9(5-7-10)11-17-15-8-18(11)3/h4-8H,1-3H3,(H,16,19). The molecule has 0 atom stereocenters. The van der Waals surface area contributed by atoms with E-state index in [-0.39, 0.29) is 5.91 Å². The molecule has 0 saturated heterocycles. The molecule has 0 aliphatic rings. The minimum Gasteiger partial charge on any atom is -0.325 e. The highest BCUT2D eigenvalue weighted by Crippen LogP contribution is 2.21. The summed E-state index contributed by atoms with van der Waals surface area (Å²) in [4.78, 5) is 11.8. The van der Waals surface area contributed by atoms with Crippen molar-refractivity contribution in [2.24, 2.45) is 7.05 Å². The largest absolute Gasteiger partial charge is 0.325 e. The van der Waals surface area contributed by atoms with E-state index in [1.54, 1.807) is 20.2 Å². The molecule has 100 valence electrons. The van der Waals surface area contributed by atoms with Crippen molar-refractivity contribution in [3.63, 3.8) is 0 Å². The number of benzene rings is 1. The monoisotopic (exact) mass is 322 g/mol. The predicted octanol–water partition coefficient (Wildman–Crippen LogP) is 2.59. The normalized spacial score (nSPS) is 11.4. The fourth-order valence-electron chi connectivity index (χ4n) is 1.53. The Labute approximate surface area is 120 Å². The number of hydrogen-bond donors (Lipinski definition) is 1. The maximum absolute atomic E-state index is 11.8. The summed E-state index contributed by atoms with van der Waals surface area (Å²) in [5.74, 6) is 0.706. The molecule has 6 heteroatoms. The average molecular weight is 323 g/mol. The maximum atomic E-state index is 11.8. The van der Waals surface area contributed by atoms with Gasteiger partial charge in [-0.25, -0.2) is 0 Å². The van der Waals surface area contributed by atoms with Crippen molar-refractivity contribution in [1.29, 1.82) is 0 Å². The number of aryl methyl sites for hydroxylation is 1. The quantitative estimate of drug-likeness (QED) is 0.883. The van der Waals surface area contributed by atoms with Crippen molar-refractivity contribution in [2.75, 3.05) is 5.32 Å². The summed E-state index contributed by atoms with van der Waals surface area (Å²) >= 11 is 3.32. The third kappa shape index (κ3) is 3.20. The van der Waals surface area contributed by atoms with Crippen LogP contribution >= 0.6 is 15.9 Å². The number of anilines is 1. The van der Waals surface area contributed by atoms with E-state index >= 15 is 0 Å². The van der Waals surface area contributed by atoms with Crippen molar-refractivity contribution in [2.45, 2.75) is 18.2 Å². The van der Waals surface area contributed by atoms with Gasteiger partial charge in [0.05, 0.1) is 4.32 Å². The first kappa shape index (κ1) is 13.7. The second-order valence-electron chi connectivity index (χ2n) is 4.77. The van der Waals surface area contributed by atoms with Gasteiger partial charge in [0.1, 0.15) is 6.33 Å². The topological polar surface area (TPSA) is 59.8 Å². The van der Waals surface area contributed by atoms with Gasteiger partial charge in [0, 0.05) is 18.3 Å². The summed E-state index contributed by atoms with van der Waals surface area (Å²) in [5, 5.41) is 10.7. The summed E-state index contributed by atoms with van der Waals surface area (Å²) in [6.07, 6.45) is 1.65. The number of halogens is 1. The highest BCUT2D eigenvalue weighted by atomic mass is 79.9. The van der Waals surface area contributed by atoms with Crippen LogP contribution in [-0.4, -0.2) is 25.0 Å². The fraction of sp³-hybridized carbons (Fsp3) is 0.308. The van der Waals surface area contributed by atoms with Crippen LogP contribution in [0.5, 0.6) is 0 Å². The van der Waals surface area contributed by atoms with Crippen molar-refractivity contribution in [3.8, 4) is 11.4 Å². The highest BCUT2D eigenvalue weighted by molar-refractivity contribution is 9.10. The lowest BCUT2D eigenvalue weighted by atomic mass is 10.1. The second kappa shape index (κ2) is 5.13. The molecular weight excluding hydrogens is 308 g/mol. The number of rotatable bonds is 3. The summed E-state index contributed by atoms with van der Waals surface area (Å²) in [6.45, 7) is 3.60. The van der Waals surface area contributed by atoms with Crippen LogP contribution in [0.4, 0.5) is 5.69 Å². The molecule has 2 aromatic rings. The Balaban J connectivity index is 2.16. The van der Waals surface area contributed by atoms with Gasteiger partial charge in [-0.05, 0) is 38.1 Å². The molecule has 1 N–H and O–H groups in total. The van der Waals surface area contributed by atoms with E-state index in [1.165, 1.54) is 0 Å². The average Bonchev–Trinajstić information content (AvgIpc) is 2.75. The minimum absolute atomic E-state index is 0.0843. The first-order valence-corrected chi connectivity index (χ1v) is 6.62. The third-order valence-electron chi connectivity index (χ3n) is 2.65. The van der Waals surface area contributed by atoms with E-state index < -0.39 is 4.32 Å². The highest BCUT2D eigenvalue weighted by Gasteiger charge is 2.23. The number of amides is 1. The van der Waals surface area contributed by atoms with Gasteiger partial charge in [-0.15, -0.1) is 10.2 Å². The van der Waals surface area contributed by atoms with Crippen LogP contribution in [0, 0.1) is 0 Å². The lowest BCUT2D eigenvalue weighted by Crippen LogP contribution is -2.30. The lowest BCUT2D eigenvalue weighted by Gasteiger charge is -2.15. The summed E-state index contributed by atoms with van der Waals surface area (Å²) in [5.41, 5.74) is 1.71. The summed E-state index contributed by atoms with van der Waals surface area (Å²) in [6, 6.07) is 7.50. The zero-order chi connectivity index (χ0) is 14.0. The van der Waals surface area contributed by atoms with Crippen molar-refractivity contribution in [3.05, 3.63) is 30.6 Å². The van der Waals surface area contributed by atoms with Crippen LogP contribution < -0.4 is 5.32 Å². The van der Waals surface area contributed by atoms with E-state index in [2.05, 4.69) is 31.4 Å². The molecule has 0 saturated carbocycles. The van der Waals surface area contributed by atoms with Gasteiger partial charge in [-0.1, -0.05) is 15.9 Å². The van der Waals surface area contributed by atoms with Gasteiger partial charge < -0.3 is 9.88 Å². The molecule has 1 amide bonds. The molecule has 1 heterocycles. The summed E-state index contributed by atoms with van der Waals surface area (Å²) in [7, 11) is 1.89. The van der Waals surface area contributed by atoms with Crippen LogP contribution in [-0.2, 0) is 11.8 Å². The predicted molar refractivity (Wildman–Crippen MR) is 78.1 cm³/mol. The van der Waals surface area contributed by atoms with Crippen LogP contribution in [0.15, 0.2) is 30.6 Å². The minimum atomic E-state index is -0.588. The Morgan fingerprint density at radius 3 is 2.42 bits per heavy atom. The van der Waals surface area contributed by atoms with Gasteiger partial charge in [-0.3, -0.25) is 4.79 Å². The molecule has 0 fully saturated rings. The van der Waals surface area contributed by atoms with Gasteiger partial charge >= 0.3 is 0 Å². The number of hydrogen-bond acceptors (Lipinski definition) is 3. The molecule has 0 aliphatic heterocycles. The van der Waals surface area contributed by atoms with Crippen LogP contribution in [0.1, 0.15) is 13.8 Å². The molecule has 1 aromatic heterocycles. The molecule has 0 unspecified atom stereocenters. The van der Waals surface area contributed by atoms with Gasteiger partial charge in [0.2, 0.25) is 5.91 Å². The lowest BCUT2D eigenvalue weighted by molar-refractivity contribution is -0.117. The van der Waals surface area contributed by atoms with E-state index in [0.29, 0.717) is 0 Å². The number of alkyl halides is 1. The molecule has 0 radical (unpaired) electrons. The second-order valence-corrected chi connectivity index (χ2v) is 6.75. The Hall–Kier alpha value is -1.69. The molecule has 0 bridgehead atoms. The van der Waals surface area contributed by atoms with Crippen LogP contribution in [0.3, 0.4) is 0 Å². The maximum Gasteiger partial charge on any atom is 0.240 e. The number of carbonyl (C=O) groups is 1. The number of nitrogens with zero attached hydrogens (tertiary/aromatic N) is 3. The van der Waals surface area contributed by atoms with Crippen LogP contribution in [0.25, 0.3) is 11.4 Å². The Kier molecular flexibility index (Phi) is 3.71. The first-order valence-electron chi connectivity index (χ1n) is 5.83.